The second-order valence-corrected chi connectivity index (χ2v) is 6.71. The van der Waals surface area contributed by atoms with E-state index in [1.165, 1.54) is 5.56 Å². The molecular formula is C24H22N2O. The van der Waals surface area contributed by atoms with Gasteiger partial charge in [-0.1, -0.05) is 66.7 Å². The van der Waals surface area contributed by atoms with Crippen molar-refractivity contribution in [1.29, 1.82) is 0 Å². The number of phenols is 1. The Labute approximate surface area is 159 Å². The summed E-state index contributed by atoms with van der Waals surface area (Å²) in [5.41, 5.74) is 2.93. The van der Waals surface area contributed by atoms with Gasteiger partial charge in [0.05, 0.1) is 11.7 Å². The molecule has 27 heavy (non-hydrogen) atoms. The number of aromatic hydroxyl groups is 1. The zero-order chi connectivity index (χ0) is 18.6. The minimum Gasteiger partial charge on any atom is -0.508 e. The third kappa shape index (κ3) is 3.55. The van der Waals surface area contributed by atoms with Crippen LogP contribution in [0.3, 0.4) is 0 Å². The summed E-state index contributed by atoms with van der Waals surface area (Å²) in [5, 5.41) is 16.6. The lowest BCUT2D eigenvalue weighted by Crippen LogP contribution is -2.26. The number of hydrogen-bond donors (Lipinski definition) is 2. The molecule has 1 aromatic heterocycles. The van der Waals surface area contributed by atoms with Gasteiger partial charge in [0.15, 0.2) is 0 Å². The van der Waals surface area contributed by atoms with Crippen LogP contribution in [0.15, 0.2) is 91.1 Å². The third-order valence-electron chi connectivity index (χ3n) is 4.94. The van der Waals surface area contributed by atoms with Crippen LogP contribution in [0.1, 0.15) is 35.8 Å². The van der Waals surface area contributed by atoms with Crippen molar-refractivity contribution >= 4 is 10.8 Å². The molecule has 2 N–H and O–H groups in total. The number of rotatable bonds is 5. The molecule has 3 aromatic carbocycles. The molecule has 0 bridgehead atoms. The van der Waals surface area contributed by atoms with E-state index in [4.69, 9.17) is 0 Å². The lowest BCUT2D eigenvalue weighted by atomic mass is 9.94. The lowest BCUT2D eigenvalue weighted by Gasteiger charge is -2.25. The first-order valence-electron chi connectivity index (χ1n) is 9.16. The molecule has 4 rings (SSSR count). The molecule has 0 radical (unpaired) electrons. The van der Waals surface area contributed by atoms with Gasteiger partial charge in [0.2, 0.25) is 0 Å². The molecular weight excluding hydrogens is 332 g/mol. The summed E-state index contributed by atoms with van der Waals surface area (Å²) in [6.07, 6.45) is 1.79. The number of benzene rings is 3. The molecule has 134 valence electrons. The van der Waals surface area contributed by atoms with E-state index in [1.54, 1.807) is 12.3 Å². The highest BCUT2D eigenvalue weighted by atomic mass is 16.3. The molecule has 0 saturated heterocycles. The molecule has 0 aliphatic rings. The van der Waals surface area contributed by atoms with Gasteiger partial charge in [0, 0.05) is 17.8 Å². The van der Waals surface area contributed by atoms with Crippen LogP contribution in [0.25, 0.3) is 10.8 Å². The average Bonchev–Trinajstić information content (AvgIpc) is 2.73. The quantitative estimate of drug-likeness (QED) is 0.506. The molecule has 0 aliphatic carbocycles. The van der Waals surface area contributed by atoms with Gasteiger partial charge in [0.1, 0.15) is 5.75 Å². The average molecular weight is 354 g/mol. The van der Waals surface area contributed by atoms with Gasteiger partial charge in [-0.05, 0) is 41.5 Å². The monoisotopic (exact) mass is 354 g/mol. The minimum absolute atomic E-state index is 0.0941. The van der Waals surface area contributed by atoms with Crippen LogP contribution in [-0.4, -0.2) is 10.1 Å². The summed E-state index contributed by atoms with van der Waals surface area (Å²) >= 11 is 0. The second-order valence-electron chi connectivity index (χ2n) is 6.71. The van der Waals surface area contributed by atoms with Gasteiger partial charge in [-0.15, -0.1) is 0 Å². The number of phenolic OH excluding ortho intramolecular Hbond substituents is 1. The molecule has 3 nitrogen and oxygen atoms in total. The highest BCUT2D eigenvalue weighted by Crippen LogP contribution is 2.36. The van der Waals surface area contributed by atoms with Crippen LogP contribution in [0.5, 0.6) is 5.75 Å². The van der Waals surface area contributed by atoms with Gasteiger partial charge in [-0.2, -0.15) is 0 Å². The Morgan fingerprint density at radius 2 is 1.56 bits per heavy atom. The number of aromatic nitrogens is 1. The van der Waals surface area contributed by atoms with E-state index in [0.717, 1.165) is 22.0 Å². The van der Waals surface area contributed by atoms with Crippen molar-refractivity contribution < 1.29 is 5.11 Å². The van der Waals surface area contributed by atoms with Gasteiger partial charge in [0.25, 0.3) is 0 Å². The number of fused-ring (bicyclic) bond motifs is 1. The fraction of sp³-hybridized carbons (Fsp3) is 0.125. The number of nitrogens with one attached hydrogen (secondary N) is 1. The van der Waals surface area contributed by atoms with E-state index in [1.807, 2.05) is 54.6 Å². The van der Waals surface area contributed by atoms with E-state index >= 15 is 0 Å². The third-order valence-corrected chi connectivity index (χ3v) is 4.94. The Balaban J connectivity index is 1.84. The smallest absolute Gasteiger partial charge is 0.121 e. The normalized spacial score (nSPS) is 13.4. The molecule has 0 spiro atoms. The van der Waals surface area contributed by atoms with Crippen molar-refractivity contribution in [3.05, 3.63) is 108 Å². The summed E-state index contributed by atoms with van der Waals surface area (Å²) in [6.45, 7) is 2.13. The van der Waals surface area contributed by atoms with Crippen molar-refractivity contribution in [3.8, 4) is 5.75 Å². The Morgan fingerprint density at radius 3 is 2.33 bits per heavy atom. The highest BCUT2D eigenvalue weighted by Gasteiger charge is 2.23. The molecule has 3 heteroatoms. The maximum absolute atomic E-state index is 10.8. The first-order valence-corrected chi connectivity index (χ1v) is 9.16. The van der Waals surface area contributed by atoms with Crippen LogP contribution in [-0.2, 0) is 0 Å². The number of pyridine rings is 1. The summed E-state index contributed by atoms with van der Waals surface area (Å²) in [6, 6.07) is 27.9. The van der Waals surface area contributed by atoms with Crippen molar-refractivity contribution in [1.82, 2.24) is 10.3 Å². The molecule has 0 unspecified atom stereocenters. The van der Waals surface area contributed by atoms with E-state index in [0.29, 0.717) is 0 Å². The van der Waals surface area contributed by atoms with Crippen molar-refractivity contribution in [2.24, 2.45) is 0 Å². The first-order chi connectivity index (χ1) is 13.2. The summed E-state index contributed by atoms with van der Waals surface area (Å²) < 4.78 is 0. The standard InChI is InChI=1S/C24H22N2O/c1-17(18-9-3-2-4-10-18)26-24(21-13-7-8-16-25-21)23-20-12-6-5-11-19(20)14-15-22(23)27/h2-17,24,26-27H,1H3/t17-,24-/m1/s1. The summed E-state index contributed by atoms with van der Waals surface area (Å²) in [4.78, 5) is 4.58. The molecule has 0 saturated carbocycles. The fourth-order valence-electron chi connectivity index (χ4n) is 3.54. The van der Waals surface area contributed by atoms with Gasteiger partial charge in [-0.25, -0.2) is 0 Å². The predicted molar refractivity (Wildman–Crippen MR) is 110 cm³/mol. The van der Waals surface area contributed by atoms with Crippen LogP contribution < -0.4 is 5.32 Å². The summed E-state index contributed by atoms with van der Waals surface area (Å²) in [7, 11) is 0. The maximum Gasteiger partial charge on any atom is 0.121 e. The van der Waals surface area contributed by atoms with E-state index in [-0.39, 0.29) is 17.8 Å². The Bertz CT molecular complexity index is 1030. The number of nitrogens with zero attached hydrogens (tertiary/aromatic N) is 1. The van der Waals surface area contributed by atoms with Crippen LogP contribution in [0.2, 0.25) is 0 Å². The SMILES string of the molecule is C[C@@H](N[C@H](c1ccccn1)c1c(O)ccc2ccccc12)c1ccccc1. The van der Waals surface area contributed by atoms with Gasteiger partial charge >= 0.3 is 0 Å². The Morgan fingerprint density at radius 1 is 0.815 bits per heavy atom. The highest BCUT2D eigenvalue weighted by molar-refractivity contribution is 5.88. The Kier molecular flexibility index (Phi) is 4.86. The zero-order valence-electron chi connectivity index (χ0n) is 15.2. The molecule has 4 aromatic rings. The van der Waals surface area contributed by atoms with Crippen molar-refractivity contribution in [2.75, 3.05) is 0 Å². The molecule has 0 aliphatic heterocycles. The van der Waals surface area contributed by atoms with E-state index in [2.05, 4.69) is 41.5 Å². The van der Waals surface area contributed by atoms with Crippen molar-refractivity contribution in [2.45, 2.75) is 19.0 Å². The predicted octanol–water partition coefficient (Wildman–Crippen LogP) is 5.38. The van der Waals surface area contributed by atoms with E-state index < -0.39 is 0 Å². The molecule has 1 heterocycles. The largest absolute Gasteiger partial charge is 0.508 e. The lowest BCUT2D eigenvalue weighted by molar-refractivity contribution is 0.446. The van der Waals surface area contributed by atoms with E-state index in [9.17, 15) is 5.11 Å². The minimum atomic E-state index is -0.229. The molecule has 0 amide bonds. The fourth-order valence-corrected chi connectivity index (χ4v) is 3.54. The van der Waals surface area contributed by atoms with Crippen molar-refractivity contribution in [3.63, 3.8) is 0 Å². The molecule has 0 fully saturated rings. The maximum atomic E-state index is 10.8. The second kappa shape index (κ2) is 7.60. The molecule has 2 atom stereocenters. The van der Waals surface area contributed by atoms with Crippen LogP contribution in [0, 0.1) is 0 Å². The first kappa shape index (κ1) is 17.3. The van der Waals surface area contributed by atoms with Crippen LogP contribution in [0.4, 0.5) is 0 Å². The zero-order valence-corrected chi connectivity index (χ0v) is 15.2. The van der Waals surface area contributed by atoms with Gasteiger partial charge in [-0.3, -0.25) is 10.3 Å². The van der Waals surface area contributed by atoms with Crippen LogP contribution >= 0.6 is 0 Å². The summed E-state index contributed by atoms with van der Waals surface area (Å²) in [5.74, 6) is 0.275. The topological polar surface area (TPSA) is 45.2 Å². The number of hydrogen-bond acceptors (Lipinski definition) is 3. The van der Waals surface area contributed by atoms with Gasteiger partial charge < -0.3 is 5.11 Å². The Hall–Kier alpha value is -3.17.